The molecule has 15 heavy (non-hydrogen) atoms. The van der Waals surface area contributed by atoms with Crippen LogP contribution in [0.15, 0.2) is 18.2 Å². The fourth-order valence-corrected chi connectivity index (χ4v) is 1.63. The summed E-state index contributed by atoms with van der Waals surface area (Å²) in [5.74, 6) is 0. The van der Waals surface area contributed by atoms with E-state index in [2.05, 4.69) is 0 Å². The van der Waals surface area contributed by atoms with Gasteiger partial charge in [0, 0.05) is 15.6 Å². The highest BCUT2D eigenvalue weighted by molar-refractivity contribution is 6.35. The second kappa shape index (κ2) is 3.85. The lowest BCUT2D eigenvalue weighted by molar-refractivity contribution is -0.258. The zero-order valence-electron chi connectivity index (χ0n) is 7.57. The molecule has 1 aromatic rings. The normalized spacial score (nSPS) is 16.2. The van der Waals surface area contributed by atoms with Crippen molar-refractivity contribution in [3.8, 4) is 0 Å². The summed E-state index contributed by atoms with van der Waals surface area (Å²) in [7, 11) is 0. The lowest BCUT2D eigenvalue weighted by atomic mass is 9.95. The van der Waals surface area contributed by atoms with E-state index in [1.54, 1.807) is 0 Å². The summed E-state index contributed by atoms with van der Waals surface area (Å²) < 4.78 is 37.4. The van der Waals surface area contributed by atoms with Gasteiger partial charge < -0.3 is 5.11 Å². The maximum absolute atomic E-state index is 12.5. The van der Waals surface area contributed by atoms with Gasteiger partial charge in [-0.3, -0.25) is 0 Å². The number of rotatable bonds is 1. The van der Waals surface area contributed by atoms with E-state index in [0.29, 0.717) is 6.92 Å². The Morgan fingerprint density at radius 2 is 1.73 bits per heavy atom. The average Bonchev–Trinajstić information content (AvgIpc) is 2.00. The Morgan fingerprint density at radius 1 is 1.20 bits per heavy atom. The molecule has 0 bridgehead atoms. The van der Waals surface area contributed by atoms with Gasteiger partial charge in [0.1, 0.15) is 0 Å². The fourth-order valence-electron chi connectivity index (χ4n) is 1.04. The minimum absolute atomic E-state index is 0.210. The van der Waals surface area contributed by atoms with Gasteiger partial charge in [-0.25, -0.2) is 0 Å². The van der Waals surface area contributed by atoms with E-state index in [1.165, 1.54) is 6.07 Å². The van der Waals surface area contributed by atoms with Crippen molar-refractivity contribution in [1.82, 2.24) is 0 Å². The molecule has 0 saturated carbocycles. The first kappa shape index (κ1) is 12.6. The number of aliphatic hydroxyl groups is 1. The third-order valence-electron chi connectivity index (χ3n) is 2.01. The second-order valence-corrected chi connectivity index (χ2v) is 4.04. The molecule has 0 aromatic heterocycles. The molecule has 1 rings (SSSR count). The molecule has 6 heteroatoms. The Bertz CT molecular complexity index is 374. The highest BCUT2D eigenvalue weighted by Crippen LogP contribution is 2.41. The quantitative estimate of drug-likeness (QED) is 0.813. The largest absolute Gasteiger partial charge is 0.421 e. The number of hydrogen-bond donors (Lipinski definition) is 1. The molecule has 1 atom stereocenters. The van der Waals surface area contributed by atoms with Crippen LogP contribution in [-0.2, 0) is 5.60 Å². The van der Waals surface area contributed by atoms with Crippen LogP contribution in [0.5, 0.6) is 0 Å². The topological polar surface area (TPSA) is 20.2 Å². The first-order chi connectivity index (χ1) is 6.66. The van der Waals surface area contributed by atoms with E-state index < -0.39 is 17.3 Å². The number of hydrogen-bond acceptors (Lipinski definition) is 1. The molecule has 0 fully saturated rings. The third kappa shape index (κ3) is 2.38. The molecule has 0 amide bonds. The van der Waals surface area contributed by atoms with Gasteiger partial charge in [0.2, 0.25) is 0 Å². The molecule has 0 aliphatic carbocycles. The summed E-state index contributed by atoms with van der Waals surface area (Å²) in [6.45, 7) is 0.641. The van der Waals surface area contributed by atoms with Gasteiger partial charge >= 0.3 is 6.18 Å². The Balaban J connectivity index is 3.28. The van der Waals surface area contributed by atoms with Crippen molar-refractivity contribution in [3.63, 3.8) is 0 Å². The Labute approximate surface area is 94.4 Å². The van der Waals surface area contributed by atoms with E-state index in [1.807, 2.05) is 0 Å². The van der Waals surface area contributed by atoms with Gasteiger partial charge in [0.25, 0.3) is 0 Å². The molecule has 84 valence electrons. The zero-order chi connectivity index (χ0) is 11.9. The molecule has 0 radical (unpaired) electrons. The minimum atomic E-state index is -4.79. The van der Waals surface area contributed by atoms with Crippen LogP contribution in [0.4, 0.5) is 13.2 Å². The second-order valence-electron chi connectivity index (χ2n) is 3.19. The zero-order valence-corrected chi connectivity index (χ0v) is 9.08. The van der Waals surface area contributed by atoms with Crippen molar-refractivity contribution in [2.75, 3.05) is 0 Å². The van der Waals surface area contributed by atoms with Gasteiger partial charge in [-0.15, -0.1) is 0 Å². The van der Waals surface area contributed by atoms with E-state index in [4.69, 9.17) is 23.2 Å². The van der Waals surface area contributed by atoms with Gasteiger partial charge in [0.05, 0.1) is 0 Å². The maximum atomic E-state index is 12.5. The molecule has 1 aromatic carbocycles. The van der Waals surface area contributed by atoms with Crippen LogP contribution in [0, 0.1) is 0 Å². The molecule has 0 saturated heterocycles. The summed E-state index contributed by atoms with van der Waals surface area (Å²) in [5, 5.41) is 9.33. The molecule has 0 aliphatic rings. The van der Waals surface area contributed by atoms with Crippen LogP contribution in [0.3, 0.4) is 0 Å². The maximum Gasteiger partial charge on any atom is 0.421 e. The minimum Gasteiger partial charge on any atom is -0.376 e. The standard InChI is InChI=1S/C9H7Cl2F3O/c1-8(15,9(12,13)14)6-3-2-5(10)4-7(6)11/h2-4,15H,1H3. The molecule has 1 nitrogen and oxygen atoms in total. The first-order valence-electron chi connectivity index (χ1n) is 3.91. The highest BCUT2D eigenvalue weighted by atomic mass is 35.5. The van der Waals surface area contributed by atoms with Crippen LogP contribution >= 0.6 is 23.2 Å². The summed E-state index contributed by atoms with van der Waals surface area (Å²) in [6.07, 6.45) is -4.79. The van der Waals surface area contributed by atoms with Crippen LogP contribution in [0.2, 0.25) is 10.0 Å². The molecule has 0 spiro atoms. The average molecular weight is 259 g/mol. The lowest BCUT2D eigenvalue weighted by Crippen LogP contribution is -2.39. The van der Waals surface area contributed by atoms with Crippen molar-refractivity contribution >= 4 is 23.2 Å². The van der Waals surface area contributed by atoms with Crippen molar-refractivity contribution in [1.29, 1.82) is 0 Å². The Morgan fingerprint density at radius 3 is 2.13 bits per heavy atom. The van der Waals surface area contributed by atoms with Gasteiger partial charge in [0.15, 0.2) is 5.60 Å². The SMILES string of the molecule is CC(O)(c1ccc(Cl)cc1Cl)C(F)(F)F. The summed E-state index contributed by atoms with van der Waals surface area (Å²) >= 11 is 11.1. The van der Waals surface area contributed by atoms with Crippen LogP contribution in [0.25, 0.3) is 0 Å². The van der Waals surface area contributed by atoms with Crippen LogP contribution in [-0.4, -0.2) is 11.3 Å². The van der Waals surface area contributed by atoms with Crippen molar-refractivity contribution < 1.29 is 18.3 Å². The highest BCUT2D eigenvalue weighted by Gasteiger charge is 2.52. The molecule has 0 heterocycles. The van der Waals surface area contributed by atoms with Crippen molar-refractivity contribution in [3.05, 3.63) is 33.8 Å². The van der Waals surface area contributed by atoms with Crippen molar-refractivity contribution in [2.24, 2.45) is 0 Å². The van der Waals surface area contributed by atoms with Crippen LogP contribution in [0.1, 0.15) is 12.5 Å². The van der Waals surface area contributed by atoms with Crippen molar-refractivity contribution in [2.45, 2.75) is 18.7 Å². The number of halogens is 5. The van der Waals surface area contributed by atoms with Gasteiger partial charge in [-0.2, -0.15) is 13.2 Å². The summed E-state index contributed by atoms with van der Waals surface area (Å²) in [6, 6.07) is 3.44. The smallest absolute Gasteiger partial charge is 0.376 e. The Hall–Kier alpha value is -0.450. The summed E-state index contributed by atoms with van der Waals surface area (Å²) in [5.41, 5.74) is -3.39. The van der Waals surface area contributed by atoms with E-state index in [0.717, 1.165) is 12.1 Å². The molecule has 1 N–H and O–H groups in total. The molecule has 1 unspecified atom stereocenters. The monoisotopic (exact) mass is 258 g/mol. The van der Waals surface area contributed by atoms with E-state index >= 15 is 0 Å². The van der Waals surface area contributed by atoms with E-state index in [9.17, 15) is 18.3 Å². The summed E-state index contributed by atoms with van der Waals surface area (Å²) in [4.78, 5) is 0. The fraction of sp³-hybridized carbons (Fsp3) is 0.333. The first-order valence-corrected chi connectivity index (χ1v) is 4.66. The third-order valence-corrected chi connectivity index (χ3v) is 2.56. The number of benzene rings is 1. The Kier molecular flexibility index (Phi) is 3.24. The number of alkyl halides is 3. The predicted octanol–water partition coefficient (Wildman–Crippen LogP) is 3.76. The van der Waals surface area contributed by atoms with Gasteiger partial charge in [-0.05, 0) is 19.1 Å². The van der Waals surface area contributed by atoms with Crippen LogP contribution < -0.4 is 0 Å². The van der Waals surface area contributed by atoms with E-state index in [-0.39, 0.29) is 10.0 Å². The molecular formula is C9H7Cl2F3O. The van der Waals surface area contributed by atoms with Gasteiger partial charge in [-0.1, -0.05) is 29.3 Å². The molecular weight excluding hydrogens is 252 g/mol. The lowest BCUT2D eigenvalue weighted by Gasteiger charge is -2.27. The molecule has 0 aliphatic heterocycles. The predicted molar refractivity (Wildman–Crippen MR) is 52.1 cm³/mol.